The van der Waals surface area contributed by atoms with Gasteiger partial charge in [0, 0.05) is 31.6 Å². The first-order valence-electron chi connectivity index (χ1n) is 11.7. The zero-order chi connectivity index (χ0) is 23.7. The Morgan fingerprint density at radius 1 is 0.971 bits per heavy atom. The Balaban J connectivity index is 1.55. The Bertz CT molecular complexity index is 1280. The minimum absolute atomic E-state index is 0.00636. The molecule has 3 amide bonds. The molecule has 0 spiro atoms. The van der Waals surface area contributed by atoms with Crippen LogP contribution in [-0.2, 0) is 6.42 Å². The summed E-state index contributed by atoms with van der Waals surface area (Å²) < 4.78 is 5.27. The van der Waals surface area contributed by atoms with E-state index >= 15 is 0 Å². The van der Waals surface area contributed by atoms with Crippen LogP contribution in [0, 0.1) is 0 Å². The second-order valence-corrected chi connectivity index (χ2v) is 8.74. The highest BCUT2D eigenvalue weighted by molar-refractivity contribution is 6.09. The monoisotopic (exact) mass is 456 g/mol. The number of amides is 3. The Hall–Kier alpha value is -3.87. The lowest BCUT2D eigenvalue weighted by Gasteiger charge is -2.23. The van der Waals surface area contributed by atoms with Crippen molar-refractivity contribution in [2.24, 2.45) is 5.73 Å². The molecule has 34 heavy (non-hydrogen) atoms. The largest absolute Gasteiger partial charge is 0.497 e. The number of hydrogen-bond donors (Lipinski definition) is 1. The first-order valence-corrected chi connectivity index (χ1v) is 11.7. The van der Waals surface area contributed by atoms with Crippen LogP contribution in [0.5, 0.6) is 5.75 Å². The van der Waals surface area contributed by atoms with Gasteiger partial charge < -0.3 is 20.3 Å². The van der Waals surface area contributed by atoms with Gasteiger partial charge in [0.05, 0.1) is 23.9 Å². The van der Waals surface area contributed by atoms with Gasteiger partial charge >= 0.3 is 6.03 Å². The molecule has 0 atom stereocenters. The lowest BCUT2D eigenvalue weighted by atomic mass is 9.99. The zero-order valence-corrected chi connectivity index (χ0v) is 19.3. The summed E-state index contributed by atoms with van der Waals surface area (Å²) in [5.74, 6) is 0.824. The number of benzene rings is 2. The Morgan fingerprint density at radius 3 is 2.47 bits per heavy atom. The third-order valence-electron chi connectivity index (χ3n) is 6.71. The fourth-order valence-electron chi connectivity index (χ4n) is 4.92. The maximum Gasteiger partial charge on any atom is 0.314 e. The lowest BCUT2D eigenvalue weighted by Crippen LogP contribution is -2.40. The van der Waals surface area contributed by atoms with E-state index in [9.17, 15) is 9.59 Å². The van der Waals surface area contributed by atoms with E-state index in [4.69, 9.17) is 15.5 Å². The summed E-state index contributed by atoms with van der Waals surface area (Å²) >= 11 is 0. The van der Waals surface area contributed by atoms with Crippen LogP contribution in [0.1, 0.15) is 40.0 Å². The van der Waals surface area contributed by atoms with Crippen LogP contribution in [0.15, 0.2) is 48.5 Å². The average molecular weight is 457 g/mol. The molecule has 5 rings (SSSR count). The van der Waals surface area contributed by atoms with E-state index in [0.717, 1.165) is 57.5 Å². The third-order valence-corrected chi connectivity index (χ3v) is 6.71. The number of hydrogen-bond acceptors (Lipinski definition) is 4. The van der Waals surface area contributed by atoms with E-state index in [1.807, 2.05) is 53.4 Å². The second-order valence-electron chi connectivity index (χ2n) is 8.74. The van der Waals surface area contributed by atoms with E-state index in [2.05, 4.69) is 6.08 Å². The quantitative estimate of drug-likeness (QED) is 0.646. The SMILES string of the molecule is COc1ccc(/C=C2/CCc3c2nc2ccccc2c3C(=O)N2CCCN(C(N)=O)CC2)cc1. The van der Waals surface area contributed by atoms with Crippen LogP contribution in [0.2, 0.25) is 0 Å². The lowest BCUT2D eigenvalue weighted by molar-refractivity contribution is 0.0763. The van der Waals surface area contributed by atoms with E-state index in [0.29, 0.717) is 32.6 Å². The average Bonchev–Trinajstić information content (AvgIpc) is 3.08. The maximum absolute atomic E-state index is 13.9. The number of para-hydroxylation sites is 1. The van der Waals surface area contributed by atoms with Gasteiger partial charge in [-0.2, -0.15) is 0 Å². The van der Waals surface area contributed by atoms with E-state index < -0.39 is 6.03 Å². The first-order chi connectivity index (χ1) is 16.5. The molecule has 2 aliphatic rings. The second kappa shape index (κ2) is 9.17. The van der Waals surface area contributed by atoms with Crippen molar-refractivity contribution in [3.05, 3.63) is 70.9 Å². The topological polar surface area (TPSA) is 88.8 Å². The molecule has 0 saturated carbocycles. The van der Waals surface area contributed by atoms with Crippen molar-refractivity contribution in [1.29, 1.82) is 0 Å². The highest BCUT2D eigenvalue weighted by Gasteiger charge is 2.30. The molecule has 0 bridgehead atoms. The molecule has 3 aromatic rings. The number of nitrogens with two attached hydrogens (primary N) is 1. The minimum atomic E-state index is -0.433. The van der Waals surface area contributed by atoms with Crippen molar-refractivity contribution in [3.8, 4) is 5.75 Å². The van der Waals surface area contributed by atoms with Crippen molar-refractivity contribution in [2.75, 3.05) is 33.3 Å². The molecule has 1 aliphatic carbocycles. The fourth-order valence-corrected chi connectivity index (χ4v) is 4.92. The number of carbonyl (C=O) groups is 2. The van der Waals surface area contributed by atoms with Crippen molar-refractivity contribution in [1.82, 2.24) is 14.8 Å². The van der Waals surface area contributed by atoms with E-state index in [1.54, 1.807) is 12.0 Å². The van der Waals surface area contributed by atoms with Gasteiger partial charge in [-0.25, -0.2) is 9.78 Å². The van der Waals surface area contributed by atoms with E-state index in [-0.39, 0.29) is 5.91 Å². The number of methoxy groups -OCH3 is 1. The zero-order valence-electron chi connectivity index (χ0n) is 19.3. The number of pyridine rings is 1. The fraction of sp³-hybridized carbons (Fsp3) is 0.296. The highest BCUT2D eigenvalue weighted by atomic mass is 16.5. The number of primary amides is 1. The summed E-state index contributed by atoms with van der Waals surface area (Å²) in [4.78, 5) is 33.9. The van der Waals surface area contributed by atoms with Crippen molar-refractivity contribution >= 4 is 34.5 Å². The normalized spacial score (nSPS) is 17.0. The molecule has 1 saturated heterocycles. The predicted molar refractivity (Wildman–Crippen MR) is 133 cm³/mol. The van der Waals surface area contributed by atoms with E-state index in [1.165, 1.54) is 0 Å². The number of allylic oxidation sites excluding steroid dienone is 1. The number of urea groups is 1. The molecular formula is C27H28N4O3. The molecule has 2 N–H and O–H groups in total. The minimum Gasteiger partial charge on any atom is -0.497 e. The van der Waals surface area contributed by atoms with Gasteiger partial charge in [0.2, 0.25) is 0 Å². The summed E-state index contributed by atoms with van der Waals surface area (Å²) in [7, 11) is 1.66. The summed E-state index contributed by atoms with van der Waals surface area (Å²) in [5.41, 5.74) is 11.2. The Labute approximate surface area is 198 Å². The summed E-state index contributed by atoms with van der Waals surface area (Å²) in [6.07, 6.45) is 4.47. The van der Waals surface area contributed by atoms with Gasteiger partial charge in [-0.3, -0.25) is 4.79 Å². The molecule has 174 valence electrons. The van der Waals surface area contributed by atoms with Gasteiger partial charge in [0.25, 0.3) is 5.91 Å². The van der Waals surface area contributed by atoms with Crippen molar-refractivity contribution in [2.45, 2.75) is 19.3 Å². The Morgan fingerprint density at radius 2 is 1.71 bits per heavy atom. The molecule has 7 heteroatoms. The third kappa shape index (κ3) is 4.09. The first kappa shape index (κ1) is 21.9. The summed E-state index contributed by atoms with van der Waals surface area (Å²) in [5, 5.41) is 0.882. The van der Waals surface area contributed by atoms with Crippen LogP contribution in [0.4, 0.5) is 4.79 Å². The molecule has 2 heterocycles. The van der Waals surface area contributed by atoms with Crippen LogP contribution >= 0.6 is 0 Å². The molecule has 1 aromatic heterocycles. The van der Waals surface area contributed by atoms with Gasteiger partial charge in [-0.1, -0.05) is 30.3 Å². The number of aromatic nitrogens is 1. The molecule has 0 radical (unpaired) electrons. The summed E-state index contributed by atoms with van der Waals surface area (Å²) in [6.45, 7) is 2.10. The molecular weight excluding hydrogens is 428 g/mol. The smallest absolute Gasteiger partial charge is 0.314 e. The van der Waals surface area contributed by atoms with Crippen molar-refractivity contribution < 1.29 is 14.3 Å². The number of fused-ring (bicyclic) bond motifs is 2. The van der Waals surface area contributed by atoms with Gasteiger partial charge in [0.1, 0.15) is 5.75 Å². The molecule has 7 nitrogen and oxygen atoms in total. The highest BCUT2D eigenvalue weighted by Crippen LogP contribution is 2.38. The molecule has 2 aromatic carbocycles. The van der Waals surface area contributed by atoms with Crippen LogP contribution in [-0.4, -0.2) is 60.0 Å². The molecule has 1 aliphatic heterocycles. The standard InChI is InChI=1S/C27H28N4O3/c1-34-20-10-7-18(8-11-20)17-19-9-12-22-24(21-5-2-3-6-23(21)29-25(19)22)26(32)30-13-4-14-31(16-15-30)27(28)33/h2-3,5-8,10-11,17H,4,9,12-16H2,1H3,(H2,28,33)/b19-17-. The molecule has 1 fully saturated rings. The molecule has 0 unspecified atom stereocenters. The van der Waals surface area contributed by atoms with Gasteiger partial charge in [-0.05, 0) is 60.2 Å². The number of carbonyl (C=O) groups excluding carboxylic acids is 2. The Kier molecular flexibility index (Phi) is 5.92. The van der Waals surface area contributed by atoms with Crippen LogP contribution in [0.3, 0.4) is 0 Å². The van der Waals surface area contributed by atoms with Crippen molar-refractivity contribution in [3.63, 3.8) is 0 Å². The van der Waals surface area contributed by atoms with Gasteiger partial charge in [0.15, 0.2) is 0 Å². The van der Waals surface area contributed by atoms with Crippen LogP contribution in [0.25, 0.3) is 22.6 Å². The number of nitrogens with zero attached hydrogens (tertiary/aromatic N) is 3. The predicted octanol–water partition coefficient (Wildman–Crippen LogP) is 3.96. The van der Waals surface area contributed by atoms with Crippen LogP contribution < -0.4 is 10.5 Å². The summed E-state index contributed by atoms with van der Waals surface area (Å²) in [6, 6.07) is 15.4. The van der Waals surface area contributed by atoms with Gasteiger partial charge in [-0.15, -0.1) is 0 Å². The number of rotatable bonds is 3. The number of ether oxygens (including phenoxy) is 1. The maximum atomic E-state index is 13.9.